The van der Waals surface area contributed by atoms with E-state index in [1.165, 1.54) is 12.1 Å². The molecule has 66 valence electrons. The summed E-state index contributed by atoms with van der Waals surface area (Å²) in [7, 11) is 0. The summed E-state index contributed by atoms with van der Waals surface area (Å²) in [5.41, 5.74) is -0.0689. The first-order chi connectivity index (χ1) is 5.61. The van der Waals surface area contributed by atoms with Crippen molar-refractivity contribution in [1.29, 1.82) is 0 Å². The van der Waals surface area contributed by atoms with E-state index in [2.05, 4.69) is 0 Å². The molecular weight excluding hydrogens is 250 g/mol. The molecule has 0 amide bonds. The van der Waals surface area contributed by atoms with Gasteiger partial charge in [-0.05, 0) is 12.1 Å². The normalized spacial score (nSPS) is 8.62. The van der Waals surface area contributed by atoms with Crippen LogP contribution in [0.15, 0.2) is 24.3 Å². The molecule has 1 aromatic rings. The first-order valence-corrected chi connectivity index (χ1v) is 3.09. The Morgan fingerprint density at radius 3 is 2.08 bits per heavy atom. The first-order valence-electron chi connectivity index (χ1n) is 3.09. The van der Waals surface area contributed by atoms with E-state index in [0.717, 1.165) is 12.1 Å². The van der Waals surface area contributed by atoms with Gasteiger partial charge in [0.1, 0.15) is 0 Å². The number of nitro groups is 1. The van der Waals surface area contributed by atoms with E-state index in [1.807, 2.05) is 0 Å². The average molecular weight is 257 g/mol. The minimum atomic E-state index is -1.09. The molecule has 0 bridgehead atoms. The van der Waals surface area contributed by atoms with Gasteiger partial charge in [0.15, 0.2) is 0 Å². The van der Waals surface area contributed by atoms with E-state index in [0.29, 0.717) is 0 Å². The van der Waals surface area contributed by atoms with E-state index in [1.54, 1.807) is 0 Å². The van der Waals surface area contributed by atoms with Crippen LogP contribution in [-0.4, -0.2) is 61.5 Å². The fraction of sp³-hybridized carbons (Fsp3) is 0. The van der Waals surface area contributed by atoms with Gasteiger partial charge in [0, 0.05) is 12.1 Å². The molecule has 0 radical (unpaired) electrons. The Labute approximate surface area is 111 Å². The third-order valence-electron chi connectivity index (χ3n) is 1.33. The monoisotopic (exact) mass is 257 g/mol. The molecule has 0 unspecified atom stereocenters. The molecule has 6 heteroatoms. The van der Waals surface area contributed by atoms with Gasteiger partial charge in [0.2, 0.25) is 0 Å². The number of hydrogen-bond acceptors (Lipinski definition) is 3. The summed E-state index contributed by atoms with van der Waals surface area (Å²) < 4.78 is 0. The SMILES string of the molecule is O=C(O)c1ccc([N+](=O)[O-])cc1.[SrH2]. The summed E-state index contributed by atoms with van der Waals surface area (Å²) in [6.07, 6.45) is 0. The van der Waals surface area contributed by atoms with Crippen LogP contribution in [0.3, 0.4) is 0 Å². The van der Waals surface area contributed by atoms with Crippen LogP contribution < -0.4 is 0 Å². The molecule has 0 aliphatic rings. The van der Waals surface area contributed by atoms with E-state index >= 15 is 0 Å². The molecule has 0 saturated heterocycles. The van der Waals surface area contributed by atoms with Crippen molar-refractivity contribution >= 4 is 57.1 Å². The second-order valence-corrected chi connectivity index (χ2v) is 2.11. The Hall–Kier alpha value is -0.429. The Morgan fingerprint density at radius 2 is 1.77 bits per heavy atom. The van der Waals surface area contributed by atoms with Gasteiger partial charge in [-0.2, -0.15) is 0 Å². The van der Waals surface area contributed by atoms with Gasteiger partial charge in [0.05, 0.1) is 10.5 Å². The summed E-state index contributed by atoms with van der Waals surface area (Å²) in [6.45, 7) is 0. The molecule has 1 rings (SSSR count). The second-order valence-electron chi connectivity index (χ2n) is 2.11. The summed E-state index contributed by atoms with van der Waals surface area (Å²) in [6, 6.07) is 4.70. The average Bonchev–Trinajstić information content (AvgIpc) is 2.04. The van der Waals surface area contributed by atoms with Crippen LogP contribution in [0.5, 0.6) is 0 Å². The molecule has 5 nitrogen and oxygen atoms in total. The fourth-order valence-electron chi connectivity index (χ4n) is 0.726. The molecule has 1 aromatic carbocycles. The van der Waals surface area contributed by atoms with Gasteiger partial charge in [-0.15, -0.1) is 0 Å². The molecule has 13 heavy (non-hydrogen) atoms. The van der Waals surface area contributed by atoms with Gasteiger partial charge < -0.3 is 5.11 Å². The summed E-state index contributed by atoms with van der Waals surface area (Å²) in [4.78, 5) is 19.9. The summed E-state index contributed by atoms with van der Waals surface area (Å²) in [5, 5.41) is 18.6. The standard InChI is InChI=1S/C7H5NO4.Sr.2H/c9-7(10)5-1-3-6(4-2-5)8(11)12;;;/h1-4H,(H,9,10);;;. The molecule has 0 aliphatic heterocycles. The Kier molecular flexibility index (Phi) is 5.16. The topological polar surface area (TPSA) is 80.4 Å². The van der Waals surface area contributed by atoms with Crippen LogP contribution in [0, 0.1) is 10.1 Å². The van der Waals surface area contributed by atoms with Crippen molar-refractivity contribution in [3.63, 3.8) is 0 Å². The van der Waals surface area contributed by atoms with Gasteiger partial charge in [-0.25, -0.2) is 4.79 Å². The number of carboxylic acids is 1. The number of carboxylic acid groups (broad SMARTS) is 1. The van der Waals surface area contributed by atoms with Crippen LogP contribution in [0.25, 0.3) is 0 Å². The zero-order chi connectivity index (χ0) is 9.14. The number of carbonyl (C=O) groups is 1. The number of nitro benzene ring substituents is 1. The van der Waals surface area contributed by atoms with Crippen LogP contribution in [0.1, 0.15) is 10.4 Å². The van der Waals surface area contributed by atoms with Crippen molar-refractivity contribution in [2.45, 2.75) is 0 Å². The minimum absolute atomic E-state index is 0. The van der Waals surface area contributed by atoms with Gasteiger partial charge in [-0.1, -0.05) is 0 Å². The maximum atomic E-state index is 10.3. The number of non-ortho nitro benzene ring substituents is 1. The van der Waals surface area contributed by atoms with Crippen LogP contribution in [0.4, 0.5) is 5.69 Å². The van der Waals surface area contributed by atoms with Crippen LogP contribution in [-0.2, 0) is 0 Å². The van der Waals surface area contributed by atoms with Crippen molar-refractivity contribution in [1.82, 2.24) is 0 Å². The fourth-order valence-corrected chi connectivity index (χ4v) is 0.726. The van der Waals surface area contributed by atoms with Gasteiger partial charge >= 0.3 is 51.5 Å². The zero-order valence-electron chi connectivity index (χ0n) is 5.93. The summed E-state index contributed by atoms with van der Waals surface area (Å²) in [5.74, 6) is -1.09. The number of aromatic carboxylic acids is 1. The van der Waals surface area contributed by atoms with Crippen LogP contribution >= 0.6 is 0 Å². The predicted molar refractivity (Wildman–Crippen MR) is 48.6 cm³/mol. The molecular formula is C7H7NO4Sr. The Balaban J connectivity index is 0.00000144. The number of benzene rings is 1. The third-order valence-corrected chi connectivity index (χ3v) is 1.33. The quantitative estimate of drug-likeness (QED) is 0.471. The zero-order valence-corrected chi connectivity index (χ0v) is 5.93. The van der Waals surface area contributed by atoms with Crippen LogP contribution in [0.2, 0.25) is 0 Å². The van der Waals surface area contributed by atoms with Crippen molar-refractivity contribution in [3.8, 4) is 0 Å². The maximum absolute atomic E-state index is 10.3. The van der Waals surface area contributed by atoms with E-state index in [-0.39, 0.29) is 56.7 Å². The van der Waals surface area contributed by atoms with Crippen molar-refractivity contribution < 1.29 is 14.8 Å². The molecule has 0 spiro atoms. The molecule has 0 fully saturated rings. The molecule has 0 aliphatic carbocycles. The van der Waals surface area contributed by atoms with Crippen molar-refractivity contribution in [3.05, 3.63) is 39.9 Å². The second kappa shape index (κ2) is 5.33. The Morgan fingerprint density at radius 1 is 1.31 bits per heavy atom. The predicted octanol–water partition coefficient (Wildman–Crippen LogP) is 0.377. The first kappa shape index (κ1) is 12.6. The van der Waals surface area contributed by atoms with E-state index in [4.69, 9.17) is 5.11 Å². The van der Waals surface area contributed by atoms with Crippen molar-refractivity contribution in [2.24, 2.45) is 0 Å². The van der Waals surface area contributed by atoms with Gasteiger partial charge in [0.25, 0.3) is 5.69 Å². The van der Waals surface area contributed by atoms with Gasteiger partial charge in [-0.3, -0.25) is 10.1 Å². The third kappa shape index (κ3) is 3.43. The molecule has 0 atom stereocenters. The molecule has 0 aromatic heterocycles. The molecule has 0 heterocycles. The van der Waals surface area contributed by atoms with Crippen molar-refractivity contribution in [2.75, 3.05) is 0 Å². The molecule has 0 saturated carbocycles. The molecule has 1 N–H and O–H groups in total. The Bertz CT molecular complexity index is 289. The number of nitrogens with zero attached hydrogens (tertiary/aromatic N) is 1. The number of rotatable bonds is 2. The number of hydrogen-bond donors (Lipinski definition) is 1. The summed E-state index contributed by atoms with van der Waals surface area (Å²) >= 11 is 0. The van der Waals surface area contributed by atoms with E-state index in [9.17, 15) is 14.9 Å². The van der Waals surface area contributed by atoms with E-state index < -0.39 is 10.9 Å².